The van der Waals surface area contributed by atoms with Gasteiger partial charge in [0.15, 0.2) is 0 Å². The second-order valence-corrected chi connectivity index (χ2v) is 17.9. The molecule has 314 valence electrons. The van der Waals surface area contributed by atoms with Gasteiger partial charge in [0, 0.05) is 36.7 Å². The van der Waals surface area contributed by atoms with Crippen molar-refractivity contribution in [3.63, 3.8) is 0 Å². The highest BCUT2D eigenvalue weighted by Crippen LogP contribution is 2.40. The number of benzene rings is 4. The second-order valence-electron chi connectivity index (χ2n) is 16.8. The van der Waals surface area contributed by atoms with Crippen LogP contribution in [0.25, 0.3) is 33.0 Å². The molecule has 2 N–H and O–H groups in total. The predicted molar refractivity (Wildman–Crippen MR) is 234 cm³/mol. The number of rotatable bonds is 13. The molecule has 10 rings (SSSR count). The van der Waals surface area contributed by atoms with E-state index in [9.17, 15) is 19.2 Å². The highest BCUT2D eigenvalue weighted by molar-refractivity contribution is 7.15. The fourth-order valence-corrected chi connectivity index (χ4v) is 9.76. The number of carbonyl (C=O) groups is 4. The molecule has 2 aliphatic heterocycles. The molecule has 62 heavy (non-hydrogen) atoms. The number of nitrogens with one attached hydrogen (secondary N) is 2. The van der Waals surface area contributed by atoms with Gasteiger partial charge in [0.1, 0.15) is 23.1 Å². The van der Waals surface area contributed by atoms with Crippen molar-refractivity contribution in [3.05, 3.63) is 137 Å². The topological polar surface area (TPSA) is 151 Å². The van der Waals surface area contributed by atoms with Gasteiger partial charge in [0.05, 0.1) is 10.9 Å². The molecule has 4 heterocycles. The summed E-state index contributed by atoms with van der Waals surface area (Å²) in [5.74, 6) is 0.434. The molecule has 2 aliphatic carbocycles. The van der Waals surface area contributed by atoms with Gasteiger partial charge in [-0.1, -0.05) is 114 Å². The summed E-state index contributed by atoms with van der Waals surface area (Å²) in [6.45, 7) is 1.17. The normalized spacial score (nSPS) is 19.5. The van der Waals surface area contributed by atoms with Crippen LogP contribution in [0.1, 0.15) is 97.6 Å². The Kier molecular flexibility index (Phi) is 11.0. The van der Waals surface area contributed by atoms with Crippen molar-refractivity contribution in [1.29, 1.82) is 0 Å². The standard InChI is InChI=1S/C49H47N7O5S/c57-44(36-23-24-36)51-41(33-9-3-1-4-10-33)48(59)55-27-7-13-38(55)46-53-43(54-61-46)35-21-17-31(18-22-35)30-15-19-32(20-16-30)40-29-50-47(62-40)39-14-8-28-56(39)49(60)42(34-11-5-2-6-12-34)52-45(58)37-25-26-37/h1-6,9-12,15-22,29,36-39,41-42H,7-8,13-14,23-28H2,(H,51,57)(H,52,58)/t38?,39?,41?,42-/m1/s1. The molecule has 0 radical (unpaired) electrons. The fraction of sp³-hybridized carbons (Fsp3) is 0.327. The Morgan fingerprint density at radius 1 is 0.597 bits per heavy atom. The van der Waals surface area contributed by atoms with Crippen molar-refractivity contribution >= 4 is 35.0 Å². The van der Waals surface area contributed by atoms with Crippen molar-refractivity contribution in [2.75, 3.05) is 13.1 Å². The zero-order valence-corrected chi connectivity index (χ0v) is 35.0. The number of nitrogens with zero attached hydrogens (tertiary/aromatic N) is 5. The van der Waals surface area contributed by atoms with Crippen molar-refractivity contribution in [2.24, 2.45) is 11.8 Å². The van der Waals surface area contributed by atoms with Crippen LogP contribution in [-0.4, -0.2) is 61.6 Å². The largest absolute Gasteiger partial charge is 0.340 e. The van der Waals surface area contributed by atoms with Crippen molar-refractivity contribution < 1.29 is 23.7 Å². The van der Waals surface area contributed by atoms with Gasteiger partial charge < -0.3 is 25.0 Å². The van der Waals surface area contributed by atoms with Crippen molar-refractivity contribution in [3.8, 4) is 33.0 Å². The van der Waals surface area contributed by atoms with Gasteiger partial charge in [0.2, 0.25) is 35.3 Å². The lowest BCUT2D eigenvalue weighted by molar-refractivity contribution is -0.138. The third-order valence-corrected chi connectivity index (χ3v) is 13.6. The van der Waals surface area contributed by atoms with E-state index in [0.717, 1.165) is 88.2 Å². The van der Waals surface area contributed by atoms with E-state index in [1.807, 2.05) is 96.0 Å². The Morgan fingerprint density at radius 2 is 1.08 bits per heavy atom. The van der Waals surface area contributed by atoms with Crippen LogP contribution >= 0.6 is 11.3 Å². The molecule has 4 aromatic carbocycles. The van der Waals surface area contributed by atoms with E-state index in [0.29, 0.717) is 31.2 Å². The molecule has 3 unspecified atom stereocenters. The van der Waals surface area contributed by atoms with Crippen LogP contribution in [-0.2, 0) is 19.2 Å². The van der Waals surface area contributed by atoms with Gasteiger partial charge >= 0.3 is 0 Å². The first-order valence-corrected chi connectivity index (χ1v) is 22.5. The van der Waals surface area contributed by atoms with Crippen molar-refractivity contribution in [1.82, 2.24) is 35.6 Å². The number of likely N-dealkylation sites (tertiary alicyclic amines) is 2. The van der Waals surface area contributed by atoms with Crippen LogP contribution in [0.4, 0.5) is 0 Å². The van der Waals surface area contributed by atoms with Crippen LogP contribution in [0.3, 0.4) is 0 Å². The summed E-state index contributed by atoms with van der Waals surface area (Å²) in [5, 5.41) is 11.3. The van der Waals surface area contributed by atoms with Gasteiger partial charge in [-0.3, -0.25) is 19.2 Å². The van der Waals surface area contributed by atoms with Gasteiger partial charge in [0.25, 0.3) is 0 Å². The Balaban J connectivity index is 0.797. The Bertz CT molecular complexity index is 2390. The molecular formula is C49H47N7O5S. The third kappa shape index (κ3) is 8.28. The van der Waals surface area contributed by atoms with Gasteiger partial charge in [-0.05, 0) is 79.2 Å². The van der Waals surface area contributed by atoms with Gasteiger partial charge in [-0.25, -0.2) is 4.98 Å². The van der Waals surface area contributed by atoms with E-state index in [1.165, 1.54) is 0 Å². The zero-order valence-electron chi connectivity index (χ0n) is 34.2. The van der Waals surface area contributed by atoms with E-state index in [4.69, 9.17) is 14.5 Å². The SMILES string of the molecule is O=C(NC(C(=O)N1CCCC1c1nc(-c2ccc(-c3ccc(-c4cnc(C5CCCN5C(=O)[C@H](NC(=O)C5CC5)c5ccccc5)s4)cc3)cc2)no1)c1ccccc1)C1CC1. The maximum Gasteiger partial charge on any atom is 0.250 e. The summed E-state index contributed by atoms with van der Waals surface area (Å²) >= 11 is 1.61. The Hall–Kier alpha value is -6.47. The number of hydrogen-bond acceptors (Lipinski definition) is 9. The molecule has 4 atom stereocenters. The summed E-state index contributed by atoms with van der Waals surface area (Å²) in [4.78, 5) is 68.1. The van der Waals surface area contributed by atoms with E-state index >= 15 is 0 Å². The summed E-state index contributed by atoms with van der Waals surface area (Å²) in [7, 11) is 0. The number of hydrogen-bond donors (Lipinski definition) is 2. The summed E-state index contributed by atoms with van der Waals surface area (Å²) in [5.41, 5.74) is 5.47. The highest BCUT2D eigenvalue weighted by Gasteiger charge is 2.41. The van der Waals surface area contributed by atoms with E-state index in [-0.39, 0.29) is 47.5 Å². The third-order valence-electron chi connectivity index (χ3n) is 12.5. The lowest BCUT2D eigenvalue weighted by atomic mass is 10.0. The molecular weight excluding hydrogens is 799 g/mol. The van der Waals surface area contributed by atoms with Crippen LogP contribution in [0, 0.1) is 11.8 Å². The van der Waals surface area contributed by atoms with Crippen LogP contribution < -0.4 is 10.6 Å². The minimum atomic E-state index is -0.777. The lowest BCUT2D eigenvalue weighted by Crippen LogP contribution is -2.43. The molecule has 4 amide bonds. The van der Waals surface area contributed by atoms with Crippen LogP contribution in [0.2, 0.25) is 0 Å². The second kappa shape index (κ2) is 17.1. The first kappa shape index (κ1) is 39.7. The average molecular weight is 846 g/mol. The molecule has 0 spiro atoms. The number of carbonyl (C=O) groups excluding carboxylic acids is 4. The van der Waals surface area contributed by atoms with Crippen LogP contribution in [0.15, 0.2) is 120 Å². The number of amides is 4. The maximum atomic E-state index is 14.1. The Morgan fingerprint density at radius 3 is 1.61 bits per heavy atom. The minimum absolute atomic E-state index is 0.00430. The smallest absolute Gasteiger partial charge is 0.250 e. The number of thiazole rings is 1. The molecule has 4 aliphatic rings. The zero-order chi connectivity index (χ0) is 42.2. The van der Waals surface area contributed by atoms with E-state index in [1.54, 1.807) is 16.2 Å². The van der Waals surface area contributed by atoms with Crippen molar-refractivity contribution in [2.45, 2.75) is 75.5 Å². The minimum Gasteiger partial charge on any atom is -0.340 e. The van der Waals surface area contributed by atoms with Gasteiger partial charge in [-0.2, -0.15) is 4.98 Å². The fourth-order valence-electron chi connectivity index (χ4n) is 8.69. The predicted octanol–water partition coefficient (Wildman–Crippen LogP) is 8.39. The lowest BCUT2D eigenvalue weighted by Gasteiger charge is -2.28. The Labute approximate surface area is 363 Å². The summed E-state index contributed by atoms with van der Waals surface area (Å²) in [6.07, 6.45) is 8.54. The van der Waals surface area contributed by atoms with E-state index < -0.39 is 12.1 Å². The highest BCUT2D eigenvalue weighted by atomic mass is 32.1. The number of aromatic nitrogens is 3. The van der Waals surface area contributed by atoms with Gasteiger partial charge in [-0.15, -0.1) is 11.3 Å². The molecule has 2 aromatic heterocycles. The quantitative estimate of drug-likeness (QED) is 0.118. The monoisotopic (exact) mass is 845 g/mol. The molecule has 4 fully saturated rings. The molecule has 0 bridgehead atoms. The first-order valence-electron chi connectivity index (χ1n) is 21.7. The molecule has 12 nitrogen and oxygen atoms in total. The molecule has 2 saturated heterocycles. The molecule has 2 saturated carbocycles. The molecule has 13 heteroatoms. The van der Waals surface area contributed by atoms with E-state index in [2.05, 4.69) is 40.1 Å². The first-order chi connectivity index (χ1) is 30.4. The maximum absolute atomic E-state index is 14.1. The molecule has 6 aromatic rings. The summed E-state index contributed by atoms with van der Waals surface area (Å²) < 4.78 is 5.79. The van der Waals surface area contributed by atoms with Crippen LogP contribution in [0.5, 0.6) is 0 Å². The average Bonchev–Trinajstić information content (AvgIpc) is 4.07. The summed E-state index contributed by atoms with van der Waals surface area (Å²) in [6, 6.07) is 33.3.